The third-order valence-electron chi connectivity index (χ3n) is 5.00. The van der Waals surface area contributed by atoms with Crippen molar-refractivity contribution in [1.29, 1.82) is 0 Å². The van der Waals surface area contributed by atoms with Gasteiger partial charge < -0.3 is 18.6 Å². The second-order valence-electron chi connectivity index (χ2n) is 7.38. The summed E-state index contributed by atoms with van der Waals surface area (Å²) in [5, 5.41) is 4.80. The molecule has 0 spiro atoms. The fourth-order valence-electron chi connectivity index (χ4n) is 3.38. The maximum atomic E-state index is 12.4. The van der Waals surface area contributed by atoms with Crippen LogP contribution in [0.1, 0.15) is 27.2 Å². The molecule has 4 rings (SSSR count). The first kappa shape index (κ1) is 22.0. The van der Waals surface area contributed by atoms with E-state index >= 15 is 0 Å². The van der Waals surface area contributed by atoms with Crippen molar-refractivity contribution >= 4 is 23.1 Å². The highest BCUT2D eigenvalue weighted by Crippen LogP contribution is 2.29. The van der Waals surface area contributed by atoms with Gasteiger partial charge in [0.2, 0.25) is 0 Å². The summed E-state index contributed by atoms with van der Waals surface area (Å²) in [4.78, 5) is 12.4. The Balaban J connectivity index is 1.41. The van der Waals surface area contributed by atoms with Crippen molar-refractivity contribution in [3.05, 3.63) is 89.2 Å². The molecule has 1 N–H and O–H groups in total. The van der Waals surface area contributed by atoms with Gasteiger partial charge in [-0.1, -0.05) is 42.0 Å². The Morgan fingerprint density at radius 1 is 0.970 bits per heavy atom. The molecule has 1 aromatic heterocycles. The Labute approximate surface area is 191 Å². The number of aryl methyl sites for hydroxylation is 1. The number of fused-ring (bicyclic) bond motifs is 1. The first-order chi connectivity index (χ1) is 16.1. The molecule has 1 heterocycles. The van der Waals surface area contributed by atoms with Gasteiger partial charge in [0.05, 0.1) is 20.4 Å². The molecule has 4 aromatic rings. The normalized spacial score (nSPS) is 11.0. The number of benzene rings is 3. The molecule has 0 aliphatic rings. The molecule has 0 bridgehead atoms. The highest BCUT2D eigenvalue weighted by Gasteiger charge is 2.14. The van der Waals surface area contributed by atoms with Crippen LogP contribution in [0.4, 0.5) is 0 Å². The molecule has 0 saturated heterocycles. The predicted molar refractivity (Wildman–Crippen MR) is 126 cm³/mol. The summed E-state index contributed by atoms with van der Waals surface area (Å²) >= 11 is 0. The first-order valence-electron chi connectivity index (χ1n) is 10.3. The van der Waals surface area contributed by atoms with Crippen LogP contribution in [0, 0.1) is 6.92 Å². The van der Waals surface area contributed by atoms with Crippen molar-refractivity contribution in [1.82, 2.24) is 5.43 Å². The number of rotatable bonds is 8. The highest BCUT2D eigenvalue weighted by atomic mass is 16.5. The Hall–Kier alpha value is -4.26. The molecule has 7 nitrogen and oxygen atoms in total. The maximum Gasteiger partial charge on any atom is 0.307 e. The number of amides is 1. The highest BCUT2D eigenvalue weighted by molar-refractivity contribution is 5.97. The number of nitrogens with zero attached hydrogens (tertiary/aromatic N) is 1. The minimum Gasteiger partial charge on any atom is -0.493 e. The van der Waals surface area contributed by atoms with E-state index in [1.54, 1.807) is 32.4 Å². The van der Waals surface area contributed by atoms with Gasteiger partial charge >= 0.3 is 5.91 Å². The molecule has 0 unspecified atom stereocenters. The Morgan fingerprint density at radius 3 is 2.58 bits per heavy atom. The van der Waals surface area contributed by atoms with Gasteiger partial charge in [0.15, 0.2) is 28.6 Å². The molecule has 0 radical (unpaired) electrons. The van der Waals surface area contributed by atoms with Gasteiger partial charge in [-0.3, -0.25) is 4.79 Å². The van der Waals surface area contributed by atoms with Crippen molar-refractivity contribution in [3.63, 3.8) is 0 Å². The molecule has 0 fully saturated rings. The van der Waals surface area contributed by atoms with Crippen LogP contribution in [0.5, 0.6) is 17.2 Å². The number of nitrogens with one attached hydrogen (secondary N) is 1. The lowest BCUT2D eigenvalue weighted by atomic mass is 10.1. The molecule has 0 aliphatic heterocycles. The maximum absolute atomic E-state index is 12.4. The van der Waals surface area contributed by atoms with Crippen LogP contribution in [0.3, 0.4) is 0 Å². The van der Waals surface area contributed by atoms with Gasteiger partial charge in [-0.25, -0.2) is 5.43 Å². The number of furan rings is 1. The van der Waals surface area contributed by atoms with Gasteiger partial charge in [0, 0.05) is 5.39 Å². The second-order valence-corrected chi connectivity index (χ2v) is 7.38. The van der Waals surface area contributed by atoms with Crippen molar-refractivity contribution in [3.8, 4) is 17.2 Å². The number of carbonyl (C=O) groups is 1. The monoisotopic (exact) mass is 444 g/mol. The largest absolute Gasteiger partial charge is 0.493 e. The van der Waals surface area contributed by atoms with Crippen LogP contribution in [0.25, 0.3) is 11.0 Å². The SMILES string of the molecule is COc1cc(/C=N\NC(=O)c2cc3cccc(OC)c3o2)ccc1OCc1cccc(C)c1. The fourth-order valence-corrected chi connectivity index (χ4v) is 3.38. The first-order valence-corrected chi connectivity index (χ1v) is 10.3. The van der Waals surface area contributed by atoms with E-state index in [1.807, 2.05) is 49.4 Å². The van der Waals surface area contributed by atoms with E-state index in [9.17, 15) is 4.79 Å². The fraction of sp³-hybridized carbons (Fsp3) is 0.154. The minimum atomic E-state index is -0.463. The van der Waals surface area contributed by atoms with Gasteiger partial charge in [0.25, 0.3) is 0 Å². The van der Waals surface area contributed by atoms with Crippen LogP contribution in [-0.2, 0) is 6.61 Å². The van der Waals surface area contributed by atoms with Crippen LogP contribution in [-0.4, -0.2) is 26.3 Å². The molecular weight excluding hydrogens is 420 g/mol. The molecular formula is C26H24N2O5. The zero-order chi connectivity index (χ0) is 23.2. The van der Waals surface area contributed by atoms with E-state index in [0.29, 0.717) is 29.4 Å². The minimum absolute atomic E-state index is 0.143. The molecule has 3 aromatic carbocycles. The summed E-state index contributed by atoms with van der Waals surface area (Å²) < 4.78 is 22.3. The summed E-state index contributed by atoms with van der Waals surface area (Å²) in [7, 11) is 3.13. The number of hydrogen-bond acceptors (Lipinski definition) is 6. The van der Waals surface area contributed by atoms with E-state index < -0.39 is 5.91 Å². The lowest BCUT2D eigenvalue weighted by Gasteiger charge is -2.11. The van der Waals surface area contributed by atoms with Crippen LogP contribution in [0.2, 0.25) is 0 Å². The van der Waals surface area contributed by atoms with Gasteiger partial charge in [-0.05, 0) is 48.4 Å². The van der Waals surface area contributed by atoms with Crippen molar-refractivity contribution in [2.75, 3.05) is 14.2 Å². The molecule has 0 saturated carbocycles. The molecule has 0 atom stereocenters. The van der Waals surface area contributed by atoms with Crippen molar-refractivity contribution < 1.29 is 23.4 Å². The molecule has 168 valence electrons. The van der Waals surface area contributed by atoms with Gasteiger partial charge in [-0.2, -0.15) is 5.10 Å². The zero-order valence-corrected chi connectivity index (χ0v) is 18.6. The molecule has 1 amide bonds. The van der Waals surface area contributed by atoms with Crippen LogP contribution in [0.15, 0.2) is 76.2 Å². The number of para-hydroxylation sites is 1. The number of hydrazone groups is 1. The average Bonchev–Trinajstić information content (AvgIpc) is 3.28. The molecule has 33 heavy (non-hydrogen) atoms. The average molecular weight is 444 g/mol. The molecule has 7 heteroatoms. The quantitative estimate of drug-likeness (QED) is 0.302. The Morgan fingerprint density at radius 2 is 1.79 bits per heavy atom. The van der Waals surface area contributed by atoms with Crippen LogP contribution < -0.4 is 19.6 Å². The van der Waals surface area contributed by atoms with Crippen molar-refractivity contribution in [2.45, 2.75) is 13.5 Å². The smallest absolute Gasteiger partial charge is 0.307 e. The predicted octanol–water partition coefficient (Wildman–Crippen LogP) is 5.10. The summed E-state index contributed by atoms with van der Waals surface area (Å²) in [6.45, 7) is 2.48. The number of methoxy groups -OCH3 is 2. The van der Waals surface area contributed by atoms with Gasteiger partial charge in [0.1, 0.15) is 6.61 Å². The standard InChI is InChI=1S/C26H24N2O5/c1-17-6-4-7-19(12-17)16-32-21-11-10-18(13-23(21)31-3)15-27-28-26(29)24-14-20-8-5-9-22(30-2)25(20)33-24/h4-15H,16H2,1-3H3,(H,28,29)/b27-15-. The van der Waals surface area contributed by atoms with E-state index in [4.69, 9.17) is 18.6 Å². The topological polar surface area (TPSA) is 82.3 Å². The zero-order valence-electron chi connectivity index (χ0n) is 18.6. The van der Waals surface area contributed by atoms with Gasteiger partial charge in [-0.15, -0.1) is 0 Å². The third kappa shape index (κ3) is 5.15. The van der Waals surface area contributed by atoms with Crippen LogP contribution >= 0.6 is 0 Å². The number of ether oxygens (including phenoxy) is 3. The Kier molecular flexibility index (Phi) is 6.59. The van der Waals surface area contributed by atoms with E-state index in [1.165, 1.54) is 11.8 Å². The van der Waals surface area contributed by atoms with E-state index in [-0.39, 0.29) is 5.76 Å². The van der Waals surface area contributed by atoms with Crippen molar-refractivity contribution in [2.24, 2.45) is 5.10 Å². The number of hydrogen-bond donors (Lipinski definition) is 1. The lowest BCUT2D eigenvalue weighted by molar-refractivity contribution is 0.0929. The summed E-state index contributed by atoms with van der Waals surface area (Å²) in [5.74, 6) is 1.43. The summed E-state index contributed by atoms with van der Waals surface area (Å²) in [6.07, 6.45) is 1.52. The van der Waals surface area contributed by atoms with E-state index in [2.05, 4.69) is 16.6 Å². The second kappa shape index (κ2) is 9.91. The molecule has 0 aliphatic carbocycles. The van der Waals surface area contributed by atoms with E-state index in [0.717, 1.165) is 16.5 Å². The lowest BCUT2D eigenvalue weighted by Crippen LogP contribution is -2.16. The summed E-state index contributed by atoms with van der Waals surface area (Å²) in [5.41, 5.74) is 5.98. The number of carbonyl (C=O) groups excluding carboxylic acids is 1. The Bertz CT molecular complexity index is 1310. The summed E-state index contributed by atoms with van der Waals surface area (Å²) in [6, 6.07) is 20.7. The third-order valence-corrected chi connectivity index (χ3v) is 5.00.